The summed E-state index contributed by atoms with van der Waals surface area (Å²) >= 11 is 0. The van der Waals surface area contributed by atoms with Gasteiger partial charge in [-0.15, -0.1) is 0 Å². The second-order valence-corrected chi connectivity index (χ2v) is 4.59. The van der Waals surface area contributed by atoms with Crippen molar-refractivity contribution in [3.05, 3.63) is 29.6 Å². The molecule has 0 radical (unpaired) electrons. The summed E-state index contributed by atoms with van der Waals surface area (Å²) in [6.07, 6.45) is 2.59. The summed E-state index contributed by atoms with van der Waals surface area (Å²) in [5, 5.41) is 10.1. The normalized spacial score (nSPS) is 19.5. The summed E-state index contributed by atoms with van der Waals surface area (Å²) in [6.45, 7) is 0. The fourth-order valence-electron chi connectivity index (χ4n) is 2.22. The smallest absolute Gasteiger partial charge is 0.126 e. The molecule has 3 N–H and O–H groups in total. The van der Waals surface area contributed by atoms with Crippen molar-refractivity contribution in [2.75, 3.05) is 7.11 Å². The highest BCUT2D eigenvalue weighted by molar-refractivity contribution is 5.37. The molecule has 1 aromatic carbocycles. The average molecular weight is 239 g/mol. The lowest BCUT2D eigenvalue weighted by Crippen LogP contribution is -2.36. The minimum absolute atomic E-state index is 0.264. The second-order valence-electron chi connectivity index (χ2n) is 4.59. The summed E-state index contributed by atoms with van der Waals surface area (Å²) in [5.74, 6) is 0.298. The maximum atomic E-state index is 13.1. The van der Waals surface area contributed by atoms with Gasteiger partial charge in [-0.2, -0.15) is 0 Å². The van der Waals surface area contributed by atoms with Crippen LogP contribution in [0.4, 0.5) is 4.39 Å². The van der Waals surface area contributed by atoms with Crippen LogP contribution >= 0.6 is 0 Å². The van der Waals surface area contributed by atoms with Crippen LogP contribution in [0.15, 0.2) is 18.2 Å². The maximum Gasteiger partial charge on any atom is 0.126 e. The molecule has 1 aromatic rings. The maximum absolute atomic E-state index is 13.1. The summed E-state index contributed by atoms with van der Waals surface area (Å²) in [6, 6.07) is 3.70. The molecular weight excluding hydrogens is 221 g/mol. The molecule has 3 nitrogen and oxygen atoms in total. The van der Waals surface area contributed by atoms with Crippen LogP contribution in [-0.2, 0) is 0 Å². The van der Waals surface area contributed by atoms with Crippen molar-refractivity contribution in [1.29, 1.82) is 0 Å². The first-order valence-corrected chi connectivity index (χ1v) is 5.90. The van der Waals surface area contributed by atoms with Crippen LogP contribution in [0.1, 0.15) is 30.9 Å². The number of halogens is 1. The highest BCUT2D eigenvalue weighted by Crippen LogP contribution is 2.36. The molecule has 0 bridgehead atoms. The van der Waals surface area contributed by atoms with Gasteiger partial charge in [-0.3, -0.25) is 0 Å². The summed E-state index contributed by atoms with van der Waals surface area (Å²) in [4.78, 5) is 0. The highest BCUT2D eigenvalue weighted by Gasteiger charge is 2.31. The van der Waals surface area contributed by atoms with E-state index in [1.54, 1.807) is 6.07 Å². The zero-order valence-corrected chi connectivity index (χ0v) is 9.90. The van der Waals surface area contributed by atoms with Gasteiger partial charge in [0.15, 0.2) is 0 Å². The van der Waals surface area contributed by atoms with Crippen molar-refractivity contribution in [2.24, 2.45) is 11.7 Å². The van der Waals surface area contributed by atoms with Gasteiger partial charge in [-0.1, -0.05) is 12.5 Å². The molecule has 17 heavy (non-hydrogen) atoms. The van der Waals surface area contributed by atoms with E-state index in [9.17, 15) is 9.50 Å². The van der Waals surface area contributed by atoms with Gasteiger partial charge in [0.1, 0.15) is 11.6 Å². The van der Waals surface area contributed by atoms with Crippen LogP contribution in [0.25, 0.3) is 0 Å². The fourth-order valence-corrected chi connectivity index (χ4v) is 2.22. The first-order chi connectivity index (χ1) is 8.13. The Bertz CT molecular complexity index is 393. The standard InChI is InChI=1S/C13H18FNO2/c1-17-11-7-9(14)5-6-10(11)12(15)13(16)8-3-2-4-8/h5-8,12-13,16H,2-4,15H2,1H3/t12-,13+/m0/s1. The molecule has 1 aliphatic carbocycles. The van der Waals surface area contributed by atoms with Gasteiger partial charge in [-0.25, -0.2) is 4.39 Å². The van der Waals surface area contributed by atoms with Gasteiger partial charge in [0, 0.05) is 11.6 Å². The number of benzene rings is 1. The Morgan fingerprint density at radius 3 is 2.71 bits per heavy atom. The van der Waals surface area contributed by atoms with E-state index in [1.165, 1.54) is 19.2 Å². The summed E-state index contributed by atoms with van der Waals surface area (Å²) in [5.41, 5.74) is 6.68. The Balaban J connectivity index is 2.19. The lowest BCUT2D eigenvalue weighted by Gasteiger charge is -2.34. The minimum Gasteiger partial charge on any atom is -0.496 e. The number of nitrogens with two attached hydrogens (primary N) is 1. The SMILES string of the molecule is COc1cc(F)ccc1[C@H](N)[C@H](O)C1CCC1. The topological polar surface area (TPSA) is 55.5 Å². The molecule has 1 saturated carbocycles. The lowest BCUT2D eigenvalue weighted by molar-refractivity contribution is 0.0407. The fraction of sp³-hybridized carbons (Fsp3) is 0.538. The molecule has 0 saturated heterocycles. The van der Waals surface area contributed by atoms with Gasteiger partial charge < -0.3 is 15.6 Å². The predicted molar refractivity (Wildman–Crippen MR) is 63.2 cm³/mol. The van der Waals surface area contributed by atoms with E-state index < -0.39 is 12.1 Å². The van der Waals surface area contributed by atoms with Crippen LogP contribution in [0, 0.1) is 11.7 Å². The molecular formula is C13H18FNO2. The molecule has 2 atom stereocenters. The van der Waals surface area contributed by atoms with Crippen LogP contribution in [0.2, 0.25) is 0 Å². The lowest BCUT2D eigenvalue weighted by atomic mass is 9.77. The van der Waals surface area contributed by atoms with E-state index in [1.807, 2.05) is 0 Å². The monoisotopic (exact) mass is 239 g/mol. The van der Waals surface area contributed by atoms with E-state index in [0.717, 1.165) is 19.3 Å². The average Bonchev–Trinajstić information content (AvgIpc) is 2.25. The Morgan fingerprint density at radius 1 is 1.47 bits per heavy atom. The number of hydrogen-bond acceptors (Lipinski definition) is 3. The Labute approximate surface area is 100 Å². The highest BCUT2D eigenvalue weighted by atomic mass is 19.1. The van der Waals surface area contributed by atoms with Crippen molar-refractivity contribution >= 4 is 0 Å². The van der Waals surface area contributed by atoms with E-state index in [2.05, 4.69) is 0 Å². The van der Waals surface area contributed by atoms with Gasteiger partial charge in [-0.05, 0) is 24.8 Å². The van der Waals surface area contributed by atoms with E-state index in [0.29, 0.717) is 11.3 Å². The molecule has 0 unspecified atom stereocenters. The third kappa shape index (κ3) is 2.42. The molecule has 2 rings (SSSR count). The number of ether oxygens (including phenoxy) is 1. The third-order valence-corrected chi connectivity index (χ3v) is 3.56. The predicted octanol–water partition coefficient (Wildman–Crippen LogP) is 2.00. The van der Waals surface area contributed by atoms with Crippen LogP contribution in [-0.4, -0.2) is 18.3 Å². The van der Waals surface area contributed by atoms with Crippen molar-refractivity contribution in [3.8, 4) is 5.75 Å². The number of aliphatic hydroxyl groups excluding tert-OH is 1. The molecule has 0 amide bonds. The Morgan fingerprint density at radius 2 is 2.18 bits per heavy atom. The van der Waals surface area contributed by atoms with Crippen molar-refractivity contribution in [2.45, 2.75) is 31.4 Å². The number of hydrogen-bond donors (Lipinski definition) is 2. The zero-order valence-electron chi connectivity index (χ0n) is 9.90. The van der Waals surface area contributed by atoms with Crippen molar-refractivity contribution in [3.63, 3.8) is 0 Å². The summed E-state index contributed by atoms with van der Waals surface area (Å²) < 4.78 is 18.1. The van der Waals surface area contributed by atoms with E-state index in [-0.39, 0.29) is 11.7 Å². The van der Waals surface area contributed by atoms with E-state index in [4.69, 9.17) is 10.5 Å². The van der Waals surface area contributed by atoms with Crippen LogP contribution in [0.5, 0.6) is 5.75 Å². The van der Waals surface area contributed by atoms with E-state index >= 15 is 0 Å². The zero-order chi connectivity index (χ0) is 12.4. The number of aliphatic hydroxyl groups is 1. The second kappa shape index (κ2) is 5.02. The molecule has 1 aliphatic rings. The summed E-state index contributed by atoms with van der Waals surface area (Å²) in [7, 11) is 1.47. The first kappa shape index (κ1) is 12.3. The van der Waals surface area contributed by atoms with Crippen LogP contribution < -0.4 is 10.5 Å². The minimum atomic E-state index is -0.580. The molecule has 0 aliphatic heterocycles. The quantitative estimate of drug-likeness (QED) is 0.845. The van der Waals surface area contributed by atoms with Crippen molar-refractivity contribution in [1.82, 2.24) is 0 Å². The molecule has 0 spiro atoms. The molecule has 4 heteroatoms. The van der Waals surface area contributed by atoms with Gasteiger partial charge >= 0.3 is 0 Å². The van der Waals surface area contributed by atoms with Gasteiger partial charge in [0.25, 0.3) is 0 Å². The van der Waals surface area contributed by atoms with Gasteiger partial charge in [0.05, 0.1) is 19.3 Å². The Hall–Kier alpha value is -1.13. The molecule has 0 aromatic heterocycles. The number of methoxy groups -OCH3 is 1. The van der Waals surface area contributed by atoms with Gasteiger partial charge in [0.2, 0.25) is 0 Å². The number of rotatable bonds is 4. The largest absolute Gasteiger partial charge is 0.496 e. The molecule has 94 valence electrons. The third-order valence-electron chi connectivity index (χ3n) is 3.56. The molecule has 0 heterocycles. The Kier molecular flexibility index (Phi) is 3.64. The van der Waals surface area contributed by atoms with Crippen molar-refractivity contribution < 1.29 is 14.2 Å². The molecule has 1 fully saturated rings. The van der Waals surface area contributed by atoms with Crippen LogP contribution in [0.3, 0.4) is 0 Å². The first-order valence-electron chi connectivity index (χ1n) is 5.90.